The van der Waals surface area contributed by atoms with E-state index in [1.807, 2.05) is 18.2 Å². The summed E-state index contributed by atoms with van der Waals surface area (Å²) in [5.74, 6) is 3.10. The number of hydrogen-bond acceptors (Lipinski definition) is 4. The third kappa shape index (κ3) is 4.17. The molecule has 0 aliphatic heterocycles. The van der Waals surface area contributed by atoms with E-state index >= 15 is 0 Å². The lowest BCUT2D eigenvalue weighted by atomic mass is 10.1. The van der Waals surface area contributed by atoms with Crippen molar-refractivity contribution in [1.82, 2.24) is 42.7 Å². The van der Waals surface area contributed by atoms with Gasteiger partial charge in [0.2, 0.25) is 11.6 Å². The maximum atomic E-state index is 5.17. The maximum absolute atomic E-state index is 5.17. The molecular formula is C46H29N9. The monoisotopic (exact) mass is 707 g/mol. The molecule has 258 valence electrons. The molecule has 7 aromatic carbocycles. The summed E-state index contributed by atoms with van der Waals surface area (Å²) in [4.78, 5) is 10.3. The molecule has 0 amide bonds. The van der Waals surface area contributed by atoms with E-state index in [1.54, 1.807) is 0 Å². The van der Waals surface area contributed by atoms with Crippen molar-refractivity contribution < 1.29 is 0 Å². The molecule has 12 aromatic rings. The van der Waals surface area contributed by atoms with Crippen LogP contribution in [0.2, 0.25) is 0 Å². The summed E-state index contributed by atoms with van der Waals surface area (Å²) >= 11 is 0. The van der Waals surface area contributed by atoms with Gasteiger partial charge in [-0.2, -0.15) is 0 Å². The first kappa shape index (κ1) is 29.8. The fraction of sp³-hybridized carbons (Fsp3) is 0. The first-order valence-corrected chi connectivity index (χ1v) is 18.3. The van der Waals surface area contributed by atoms with E-state index in [-0.39, 0.29) is 0 Å². The van der Waals surface area contributed by atoms with Gasteiger partial charge in [-0.3, -0.25) is 22.5 Å². The first-order chi connectivity index (χ1) is 27.3. The summed E-state index contributed by atoms with van der Waals surface area (Å²) in [7, 11) is 0. The lowest BCUT2D eigenvalue weighted by molar-refractivity contribution is 1.05. The predicted octanol–water partition coefficient (Wildman–Crippen LogP) is 10.1. The molecule has 5 aromatic heterocycles. The standard InChI is InChI=1S/C46H29N9/c1-2-16-30(17-3-1)51-43(31-18-4-8-22-35(31)52-39-26-12-14-28-41(39)54-37-24-10-6-20-33(37)47-45(52)54)49-50-44(51)32-19-5-9-23-36(32)53-40-27-13-15-29-42(40)55-38-25-11-7-21-34(38)48-46(53)55/h1-29H. The van der Waals surface area contributed by atoms with Crippen LogP contribution < -0.4 is 0 Å². The molecule has 0 aliphatic carbocycles. The van der Waals surface area contributed by atoms with Crippen LogP contribution in [0.5, 0.6) is 0 Å². The molecule has 0 saturated heterocycles. The minimum absolute atomic E-state index is 0.715. The van der Waals surface area contributed by atoms with E-state index in [2.05, 4.69) is 180 Å². The molecular weight excluding hydrogens is 679 g/mol. The Morgan fingerprint density at radius 1 is 0.309 bits per heavy atom. The van der Waals surface area contributed by atoms with Crippen molar-refractivity contribution in [2.45, 2.75) is 0 Å². The predicted molar refractivity (Wildman–Crippen MR) is 218 cm³/mol. The van der Waals surface area contributed by atoms with Crippen molar-refractivity contribution in [3.63, 3.8) is 0 Å². The van der Waals surface area contributed by atoms with Crippen molar-refractivity contribution >= 4 is 55.7 Å². The molecule has 0 spiro atoms. The molecule has 5 heterocycles. The Morgan fingerprint density at radius 2 is 0.691 bits per heavy atom. The van der Waals surface area contributed by atoms with Crippen LogP contribution in [-0.4, -0.2) is 42.7 Å². The first-order valence-electron chi connectivity index (χ1n) is 18.3. The second kappa shape index (κ2) is 11.4. The average molecular weight is 708 g/mol. The average Bonchev–Trinajstić information content (AvgIpc) is 4.06. The van der Waals surface area contributed by atoms with E-state index < -0.39 is 0 Å². The van der Waals surface area contributed by atoms with Crippen LogP contribution in [-0.2, 0) is 0 Å². The number of para-hydroxylation sites is 11. The van der Waals surface area contributed by atoms with Gasteiger partial charge in [-0.25, -0.2) is 9.97 Å². The summed E-state index contributed by atoms with van der Waals surface area (Å²) < 4.78 is 11.1. The van der Waals surface area contributed by atoms with Gasteiger partial charge in [-0.15, -0.1) is 10.2 Å². The normalized spacial score (nSPS) is 12.0. The number of fused-ring (bicyclic) bond motifs is 10. The van der Waals surface area contributed by atoms with Gasteiger partial charge >= 0.3 is 0 Å². The second-order valence-corrected chi connectivity index (χ2v) is 13.7. The molecule has 0 fully saturated rings. The summed E-state index contributed by atoms with van der Waals surface area (Å²) in [5.41, 5.74) is 13.0. The molecule has 0 bridgehead atoms. The zero-order valence-electron chi connectivity index (χ0n) is 29.3. The largest absolute Gasteiger partial charge is 0.277 e. The molecule has 0 radical (unpaired) electrons. The van der Waals surface area contributed by atoms with Gasteiger partial charge in [0.1, 0.15) is 0 Å². The summed E-state index contributed by atoms with van der Waals surface area (Å²) in [5, 5.41) is 10.1. The Labute approximate surface area is 313 Å². The van der Waals surface area contributed by atoms with Crippen molar-refractivity contribution in [2.75, 3.05) is 0 Å². The topological polar surface area (TPSA) is 75.2 Å². The van der Waals surface area contributed by atoms with Crippen LogP contribution in [0.25, 0.3) is 95.5 Å². The minimum atomic E-state index is 0.715. The zero-order chi connectivity index (χ0) is 36.0. The molecule has 9 nitrogen and oxygen atoms in total. The van der Waals surface area contributed by atoms with Crippen molar-refractivity contribution in [3.8, 4) is 39.8 Å². The summed E-state index contributed by atoms with van der Waals surface area (Å²) in [6, 6.07) is 60.7. The van der Waals surface area contributed by atoms with Gasteiger partial charge in [0.05, 0.1) is 55.5 Å². The molecule has 0 unspecified atom stereocenters. The van der Waals surface area contributed by atoms with Crippen molar-refractivity contribution in [1.29, 1.82) is 0 Å². The quantitative estimate of drug-likeness (QED) is 0.179. The Hall–Kier alpha value is -7.78. The van der Waals surface area contributed by atoms with Gasteiger partial charge in [0.25, 0.3) is 0 Å². The van der Waals surface area contributed by atoms with Crippen LogP contribution in [0.4, 0.5) is 0 Å². The molecule has 0 N–H and O–H groups in total. The number of nitrogens with zero attached hydrogens (tertiary/aromatic N) is 9. The Kier molecular flexibility index (Phi) is 6.15. The third-order valence-electron chi connectivity index (χ3n) is 10.7. The van der Waals surface area contributed by atoms with E-state index in [9.17, 15) is 0 Å². The van der Waals surface area contributed by atoms with Crippen LogP contribution in [0.1, 0.15) is 0 Å². The molecule has 0 atom stereocenters. The number of hydrogen-bond donors (Lipinski definition) is 0. The van der Waals surface area contributed by atoms with E-state index in [0.717, 1.165) is 83.9 Å². The SMILES string of the molecule is c1ccc(-n2c(-c3ccccc3-n3c4ccccc4n4c5ccccc5nc34)nnc2-c2ccccc2-n2c3ccccc3n3c4ccccc4nc23)cc1. The van der Waals surface area contributed by atoms with Crippen molar-refractivity contribution in [3.05, 3.63) is 176 Å². The summed E-state index contributed by atoms with van der Waals surface area (Å²) in [6.45, 7) is 0. The minimum Gasteiger partial charge on any atom is -0.277 e. The van der Waals surface area contributed by atoms with Crippen LogP contribution in [0, 0.1) is 0 Å². The van der Waals surface area contributed by atoms with E-state index in [1.165, 1.54) is 0 Å². The second-order valence-electron chi connectivity index (χ2n) is 13.7. The van der Waals surface area contributed by atoms with Gasteiger partial charge in [-0.1, -0.05) is 91.0 Å². The molecule has 0 aliphatic rings. The highest BCUT2D eigenvalue weighted by Crippen LogP contribution is 2.39. The lowest BCUT2D eigenvalue weighted by Crippen LogP contribution is -2.05. The fourth-order valence-corrected chi connectivity index (χ4v) is 8.35. The third-order valence-corrected chi connectivity index (χ3v) is 10.7. The summed E-state index contributed by atoms with van der Waals surface area (Å²) in [6.07, 6.45) is 0. The van der Waals surface area contributed by atoms with Crippen LogP contribution in [0.15, 0.2) is 176 Å². The van der Waals surface area contributed by atoms with Crippen molar-refractivity contribution in [2.24, 2.45) is 0 Å². The highest BCUT2D eigenvalue weighted by atomic mass is 15.3. The maximum Gasteiger partial charge on any atom is 0.220 e. The zero-order valence-corrected chi connectivity index (χ0v) is 29.3. The van der Waals surface area contributed by atoms with Gasteiger partial charge in [0, 0.05) is 16.8 Å². The smallest absolute Gasteiger partial charge is 0.220 e. The lowest BCUT2D eigenvalue weighted by Gasteiger charge is -2.16. The number of rotatable bonds is 5. The van der Waals surface area contributed by atoms with Crippen LogP contribution in [0.3, 0.4) is 0 Å². The van der Waals surface area contributed by atoms with Gasteiger partial charge in [-0.05, 0) is 84.9 Å². The molecule has 0 saturated carbocycles. The van der Waals surface area contributed by atoms with E-state index in [0.29, 0.717) is 11.6 Å². The number of aromatic nitrogens is 9. The van der Waals surface area contributed by atoms with E-state index in [4.69, 9.17) is 20.2 Å². The highest BCUT2D eigenvalue weighted by Gasteiger charge is 2.26. The number of imidazole rings is 4. The Bertz CT molecular complexity index is 3240. The Balaban J connectivity index is 1.14. The molecule has 55 heavy (non-hydrogen) atoms. The molecule has 9 heteroatoms. The highest BCUT2D eigenvalue weighted by molar-refractivity contribution is 5.95. The van der Waals surface area contributed by atoms with Gasteiger partial charge < -0.3 is 0 Å². The van der Waals surface area contributed by atoms with Crippen LogP contribution >= 0.6 is 0 Å². The Morgan fingerprint density at radius 3 is 1.18 bits per heavy atom. The van der Waals surface area contributed by atoms with Gasteiger partial charge in [0.15, 0.2) is 11.6 Å². The number of benzene rings is 7. The molecule has 12 rings (SSSR count). The fourth-order valence-electron chi connectivity index (χ4n) is 8.35.